The molecule has 4 N–H and O–H groups in total. The van der Waals surface area contributed by atoms with E-state index in [0.717, 1.165) is 6.42 Å². The third-order valence-corrected chi connectivity index (χ3v) is 6.43. The van der Waals surface area contributed by atoms with Gasteiger partial charge in [-0.15, -0.1) is 0 Å². The molecule has 0 aromatic heterocycles. The number of hydrogen-bond donors (Lipinski definition) is 4. The van der Waals surface area contributed by atoms with Crippen molar-refractivity contribution in [2.24, 2.45) is 17.3 Å². The Labute approximate surface area is 123 Å². The average Bonchev–Trinajstić information content (AvgIpc) is 2.88. The first kappa shape index (κ1) is 14.4. The van der Waals surface area contributed by atoms with Gasteiger partial charge >= 0.3 is 0 Å². The van der Waals surface area contributed by atoms with Crippen LogP contribution in [-0.2, 0) is 9.47 Å². The summed E-state index contributed by atoms with van der Waals surface area (Å²) in [5, 5.41) is 42.8. The molecule has 2 aliphatic heterocycles. The van der Waals surface area contributed by atoms with Crippen LogP contribution in [0.1, 0.15) is 40.0 Å². The summed E-state index contributed by atoms with van der Waals surface area (Å²) in [5.41, 5.74) is -4.50. The summed E-state index contributed by atoms with van der Waals surface area (Å²) in [4.78, 5) is 0. The molecule has 2 heterocycles. The van der Waals surface area contributed by atoms with E-state index in [1.54, 1.807) is 0 Å². The SMILES string of the molecule is CC1(C)C[C@H]2[C@@H](O)[C@@]3(O)[C@H](O)O[C@H]4O[C@@](C)(C[C@]43O)[C@H]2C1. The Kier molecular flexibility index (Phi) is 2.48. The highest BCUT2D eigenvalue weighted by Gasteiger charge is 2.79. The van der Waals surface area contributed by atoms with Crippen LogP contribution < -0.4 is 0 Å². The maximum absolute atomic E-state index is 11.0. The molecule has 8 atom stereocenters. The summed E-state index contributed by atoms with van der Waals surface area (Å²) in [6.07, 6.45) is -2.25. The molecule has 0 aromatic carbocycles. The molecule has 120 valence electrons. The van der Waals surface area contributed by atoms with Crippen molar-refractivity contribution >= 4 is 0 Å². The van der Waals surface area contributed by atoms with Gasteiger partial charge in [0.1, 0.15) is 0 Å². The molecule has 0 spiro atoms. The molecule has 4 fully saturated rings. The molecule has 2 aliphatic carbocycles. The molecule has 6 nitrogen and oxygen atoms in total. The molecular formula is C15H24O6. The predicted molar refractivity (Wildman–Crippen MR) is 70.9 cm³/mol. The van der Waals surface area contributed by atoms with Crippen LogP contribution >= 0.6 is 0 Å². The van der Waals surface area contributed by atoms with E-state index in [4.69, 9.17) is 9.47 Å². The largest absolute Gasteiger partial charge is 0.389 e. The van der Waals surface area contributed by atoms with Crippen LogP contribution in [0.4, 0.5) is 0 Å². The Morgan fingerprint density at radius 2 is 1.71 bits per heavy atom. The molecule has 2 saturated heterocycles. The number of aliphatic hydroxyl groups excluding tert-OH is 2. The highest BCUT2D eigenvalue weighted by atomic mass is 16.8. The molecular weight excluding hydrogens is 276 g/mol. The van der Waals surface area contributed by atoms with E-state index in [1.165, 1.54) is 0 Å². The van der Waals surface area contributed by atoms with Crippen molar-refractivity contribution in [3.63, 3.8) is 0 Å². The summed E-state index contributed by atoms with van der Waals surface area (Å²) in [7, 11) is 0. The first-order valence-corrected chi connectivity index (χ1v) is 7.68. The second kappa shape index (κ2) is 3.63. The third kappa shape index (κ3) is 1.44. The number of ether oxygens (including phenoxy) is 2. The minimum absolute atomic E-state index is 0.0157. The van der Waals surface area contributed by atoms with Crippen molar-refractivity contribution in [3.8, 4) is 0 Å². The highest BCUT2D eigenvalue weighted by Crippen LogP contribution is 2.65. The first-order valence-electron chi connectivity index (χ1n) is 7.68. The molecule has 0 unspecified atom stereocenters. The monoisotopic (exact) mass is 300 g/mol. The fraction of sp³-hybridized carbons (Fsp3) is 1.00. The van der Waals surface area contributed by atoms with E-state index in [1.807, 2.05) is 6.92 Å². The van der Waals surface area contributed by atoms with Crippen LogP contribution in [0, 0.1) is 17.3 Å². The van der Waals surface area contributed by atoms with Crippen LogP contribution in [-0.4, -0.2) is 55.9 Å². The van der Waals surface area contributed by atoms with Gasteiger partial charge < -0.3 is 29.9 Å². The molecule has 21 heavy (non-hydrogen) atoms. The summed E-state index contributed by atoms with van der Waals surface area (Å²) >= 11 is 0. The minimum atomic E-state index is -2.10. The summed E-state index contributed by atoms with van der Waals surface area (Å²) in [5.74, 6) is -0.219. The third-order valence-electron chi connectivity index (χ3n) is 6.43. The van der Waals surface area contributed by atoms with Crippen molar-refractivity contribution in [2.75, 3.05) is 0 Å². The number of fused-ring (bicyclic) bond motifs is 3. The zero-order valence-corrected chi connectivity index (χ0v) is 12.6. The molecule has 0 radical (unpaired) electrons. The lowest BCUT2D eigenvalue weighted by Crippen LogP contribution is -2.65. The van der Waals surface area contributed by atoms with Crippen LogP contribution in [0.2, 0.25) is 0 Å². The second-order valence-corrected chi connectivity index (χ2v) is 8.46. The Bertz CT molecular complexity index is 495. The topological polar surface area (TPSA) is 99.4 Å². The van der Waals surface area contributed by atoms with Gasteiger partial charge in [0.2, 0.25) is 0 Å². The van der Waals surface area contributed by atoms with Gasteiger partial charge in [-0.25, -0.2) is 0 Å². The molecule has 4 aliphatic rings. The normalized spacial score (nSPS) is 64.4. The number of rotatable bonds is 0. The highest BCUT2D eigenvalue weighted by molar-refractivity contribution is 5.24. The van der Waals surface area contributed by atoms with Crippen molar-refractivity contribution in [3.05, 3.63) is 0 Å². The van der Waals surface area contributed by atoms with Gasteiger partial charge in [-0.3, -0.25) is 0 Å². The Morgan fingerprint density at radius 3 is 2.38 bits per heavy atom. The number of hydrogen-bond acceptors (Lipinski definition) is 6. The molecule has 0 amide bonds. The van der Waals surface area contributed by atoms with Crippen molar-refractivity contribution < 1.29 is 29.9 Å². The van der Waals surface area contributed by atoms with Crippen LogP contribution in [0.15, 0.2) is 0 Å². The second-order valence-electron chi connectivity index (χ2n) is 8.46. The van der Waals surface area contributed by atoms with E-state index in [-0.39, 0.29) is 23.7 Å². The predicted octanol–water partition coefficient (Wildman–Crippen LogP) is -0.271. The maximum Gasteiger partial charge on any atom is 0.193 e. The minimum Gasteiger partial charge on any atom is -0.389 e. The average molecular weight is 300 g/mol. The fourth-order valence-corrected chi connectivity index (χ4v) is 5.47. The summed E-state index contributed by atoms with van der Waals surface area (Å²) < 4.78 is 11.2. The lowest BCUT2D eigenvalue weighted by molar-refractivity contribution is -0.246. The lowest BCUT2D eigenvalue weighted by Gasteiger charge is -2.41. The van der Waals surface area contributed by atoms with E-state index in [9.17, 15) is 20.4 Å². The van der Waals surface area contributed by atoms with Crippen molar-refractivity contribution in [2.45, 2.75) is 75.5 Å². The van der Waals surface area contributed by atoms with Gasteiger partial charge in [0.25, 0.3) is 0 Å². The van der Waals surface area contributed by atoms with E-state index < -0.39 is 35.5 Å². The van der Waals surface area contributed by atoms with E-state index >= 15 is 0 Å². The van der Waals surface area contributed by atoms with Crippen molar-refractivity contribution in [1.82, 2.24) is 0 Å². The van der Waals surface area contributed by atoms with Gasteiger partial charge in [-0.2, -0.15) is 0 Å². The zero-order chi connectivity index (χ0) is 15.4. The van der Waals surface area contributed by atoms with Crippen molar-refractivity contribution in [1.29, 1.82) is 0 Å². The van der Waals surface area contributed by atoms with Gasteiger partial charge in [0.15, 0.2) is 23.8 Å². The molecule has 6 heteroatoms. The smallest absolute Gasteiger partial charge is 0.193 e. The van der Waals surface area contributed by atoms with Crippen LogP contribution in [0.25, 0.3) is 0 Å². The molecule has 0 aromatic rings. The maximum atomic E-state index is 11.0. The van der Waals surface area contributed by atoms with Crippen LogP contribution in [0.5, 0.6) is 0 Å². The Balaban J connectivity index is 1.88. The quantitative estimate of drug-likeness (QED) is 0.491. The standard InChI is InChI=1S/C15H24O6/c1-12(2)4-7-8(5-12)13(3)6-14(18)11(21-13)20-10(17)15(14,19)9(7)16/h7-11,16-19H,4-6H2,1-3H3/t7-,8+,9-,10-,11+,13+,14+,15-/m1/s1. The Hall–Kier alpha value is -0.240. The zero-order valence-electron chi connectivity index (χ0n) is 12.6. The van der Waals surface area contributed by atoms with Gasteiger partial charge in [-0.1, -0.05) is 13.8 Å². The Morgan fingerprint density at radius 1 is 1.05 bits per heavy atom. The summed E-state index contributed by atoms with van der Waals surface area (Å²) in [6, 6.07) is 0. The van der Waals surface area contributed by atoms with Crippen LogP contribution in [0.3, 0.4) is 0 Å². The summed E-state index contributed by atoms with van der Waals surface area (Å²) in [6.45, 7) is 6.18. The van der Waals surface area contributed by atoms with Gasteiger partial charge in [-0.05, 0) is 37.0 Å². The number of aliphatic hydroxyl groups is 4. The molecule has 2 bridgehead atoms. The lowest BCUT2D eigenvalue weighted by atomic mass is 9.74. The molecule has 2 saturated carbocycles. The first-order chi connectivity index (χ1) is 9.54. The van der Waals surface area contributed by atoms with E-state index in [2.05, 4.69) is 13.8 Å². The molecule has 4 rings (SSSR count). The van der Waals surface area contributed by atoms with E-state index in [0.29, 0.717) is 6.42 Å². The van der Waals surface area contributed by atoms with Gasteiger partial charge in [0.05, 0.1) is 11.7 Å². The van der Waals surface area contributed by atoms with Gasteiger partial charge in [0, 0.05) is 6.42 Å². The fourth-order valence-electron chi connectivity index (χ4n) is 5.47.